The van der Waals surface area contributed by atoms with Crippen molar-refractivity contribution in [1.29, 1.82) is 0 Å². The number of carboxylic acids is 1. The number of aromatic amines is 1. The monoisotopic (exact) mass is 190 g/mol. The van der Waals surface area contributed by atoms with Crippen LogP contribution in [0.15, 0.2) is 18.3 Å². The Kier molecular flexibility index (Phi) is 1.78. The van der Waals surface area contributed by atoms with Gasteiger partial charge in [-0.2, -0.15) is 5.10 Å². The van der Waals surface area contributed by atoms with E-state index in [1.807, 2.05) is 0 Å². The minimum absolute atomic E-state index is 0.0730. The number of aromatic nitrogens is 2. The van der Waals surface area contributed by atoms with Crippen LogP contribution in [0, 0.1) is 0 Å². The summed E-state index contributed by atoms with van der Waals surface area (Å²) < 4.78 is 0. The number of H-pyrrole nitrogens is 1. The van der Waals surface area contributed by atoms with Gasteiger partial charge in [-0.3, -0.25) is 9.89 Å². The molecule has 5 nitrogen and oxygen atoms in total. The van der Waals surface area contributed by atoms with E-state index in [1.165, 1.54) is 18.3 Å². The van der Waals surface area contributed by atoms with Crippen molar-refractivity contribution in [3.8, 4) is 0 Å². The number of nitrogens with one attached hydrogen (secondary N) is 1. The molecule has 0 atom stereocenters. The highest BCUT2D eigenvalue weighted by atomic mass is 16.4. The molecule has 5 heteroatoms. The first kappa shape index (κ1) is 8.43. The molecule has 2 rings (SSSR count). The highest BCUT2D eigenvalue weighted by molar-refractivity contribution is 6.01. The van der Waals surface area contributed by atoms with Gasteiger partial charge in [0.25, 0.3) is 0 Å². The van der Waals surface area contributed by atoms with Crippen LogP contribution >= 0.6 is 0 Å². The fourth-order valence-corrected chi connectivity index (χ4v) is 1.30. The lowest BCUT2D eigenvalue weighted by Gasteiger charge is -1.97. The van der Waals surface area contributed by atoms with E-state index >= 15 is 0 Å². The van der Waals surface area contributed by atoms with Crippen LogP contribution in [0.3, 0.4) is 0 Å². The molecule has 0 aliphatic rings. The number of carboxylic acid groups (broad SMARTS) is 1. The Bertz CT molecular complexity index is 516. The molecule has 2 N–H and O–H groups in total. The van der Waals surface area contributed by atoms with Gasteiger partial charge in [0.1, 0.15) is 0 Å². The highest BCUT2D eigenvalue weighted by Gasteiger charge is 2.09. The molecule has 0 saturated carbocycles. The van der Waals surface area contributed by atoms with E-state index in [-0.39, 0.29) is 5.56 Å². The van der Waals surface area contributed by atoms with Crippen molar-refractivity contribution in [2.24, 2.45) is 0 Å². The van der Waals surface area contributed by atoms with E-state index < -0.39 is 5.97 Å². The summed E-state index contributed by atoms with van der Waals surface area (Å²) in [7, 11) is 0. The van der Waals surface area contributed by atoms with Gasteiger partial charge in [-0.05, 0) is 12.1 Å². The number of aromatic carboxylic acids is 1. The van der Waals surface area contributed by atoms with Crippen LogP contribution in [0.4, 0.5) is 0 Å². The molecule has 1 heterocycles. The molecule has 0 aliphatic heterocycles. The third-order valence-corrected chi connectivity index (χ3v) is 1.96. The molecule has 70 valence electrons. The van der Waals surface area contributed by atoms with Crippen molar-refractivity contribution >= 4 is 23.2 Å². The molecule has 0 unspecified atom stereocenters. The van der Waals surface area contributed by atoms with Gasteiger partial charge < -0.3 is 5.11 Å². The fraction of sp³-hybridized carbons (Fsp3) is 0. The maximum Gasteiger partial charge on any atom is 0.335 e. The van der Waals surface area contributed by atoms with E-state index in [0.29, 0.717) is 22.8 Å². The lowest BCUT2D eigenvalue weighted by Crippen LogP contribution is -1.97. The maximum absolute atomic E-state index is 10.7. The largest absolute Gasteiger partial charge is 0.478 e. The summed E-state index contributed by atoms with van der Waals surface area (Å²) in [6.07, 6.45) is 2.11. The Hall–Kier alpha value is -2.17. The lowest BCUT2D eigenvalue weighted by atomic mass is 10.1. The van der Waals surface area contributed by atoms with Gasteiger partial charge in [-0.15, -0.1) is 0 Å². The quantitative estimate of drug-likeness (QED) is 0.694. The van der Waals surface area contributed by atoms with Crippen LogP contribution in [-0.2, 0) is 0 Å². The molecule has 0 saturated heterocycles. The van der Waals surface area contributed by atoms with Gasteiger partial charge in [-0.1, -0.05) is 0 Å². The van der Waals surface area contributed by atoms with Crippen LogP contribution in [0.1, 0.15) is 20.7 Å². The first-order valence-corrected chi connectivity index (χ1v) is 3.88. The second-order valence-corrected chi connectivity index (χ2v) is 2.82. The average Bonchev–Trinajstić information content (AvgIpc) is 2.63. The first-order valence-electron chi connectivity index (χ1n) is 3.88. The number of carbonyl (C=O) groups excluding carboxylic acids is 1. The smallest absolute Gasteiger partial charge is 0.335 e. The van der Waals surface area contributed by atoms with E-state index in [2.05, 4.69) is 10.2 Å². The number of fused-ring (bicyclic) bond motifs is 1. The fourth-order valence-electron chi connectivity index (χ4n) is 1.30. The molecule has 0 spiro atoms. The standard InChI is InChI=1S/C9H6N2O3/c12-4-6-1-5(9(13)14)2-8-7(6)3-10-11-8/h1-4H,(H,10,11)(H,13,14). The molecular weight excluding hydrogens is 184 g/mol. The summed E-state index contributed by atoms with van der Waals surface area (Å²) in [5.74, 6) is -1.07. The van der Waals surface area contributed by atoms with Gasteiger partial charge in [0.05, 0.1) is 17.3 Å². The van der Waals surface area contributed by atoms with Gasteiger partial charge in [0, 0.05) is 10.9 Å². The number of rotatable bonds is 2. The molecular formula is C9H6N2O3. The second-order valence-electron chi connectivity index (χ2n) is 2.82. The van der Waals surface area contributed by atoms with Crippen molar-refractivity contribution < 1.29 is 14.7 Å². The maximum atomic E-state index is 10.7. The number of hydrogen-bond donors (Lipinski definition) is 2. The Morgan fingerprint density at radius 1 is 1.50 bits per heavy atom. The van der Waals surface area contributed by atoms with Crippen molar-refractivity contribution in [2.45, 2.75) is 0 Å². The molecule has 0 bridgehead atoms. The zero-order valence-electron chi connectivity index (χ0n) is 7.02. The summed E-state index contributed by atoms with van der Waals surface area (Å²) in [5, 5.41) is 15.7. The van der Waals surface area contributed by atoms with Crippen molar-refractivity contribution in [3.05, 3.63) is 29.5 Å². The number of nitrogens with zero attached hydrogens (tertiary/aromatic N) is 1. The molecule has 0 aliphatic carbocycles. The van der Waals surface area contributed by atoms with Gasteiger partial charge in [-0.25, -0.2) is 4.79 Å². The molecule has 0 fully saturated rings. The third kappa shape index (κ3) is 1.15. The van der Waals surface area contributed by atoms with E-state index in [9.17, 15) is 9.59 Å². The number of hydrogen-bond acceptors (Lipinski definition) is 3. The first-order chi connectivity index (χ1) is 6.72. The van der Waals surface area contributed by atoms with Gasteiger partial charge in [0.15, 0.2) is 6.29 Å². The van der Waals surface area contributed by atoms with Crippen LogP contribution in [-0.4, -0.2) is 27.6 Å². The van der Waals surface area contributed by atoms with E-state index in [1.54, 1.807) is 0 Å². The normalized spacial score (nSPS) is 10.3. The SMILES string of the molecule is O=Cc1cc(C(=O)O)cc2[nH]ncc12. The minimum atomic E-state index is -1.07. The van der Waals surface area contributed by atoms with E-state index in [0.717, 1.165) is 0 Å². The molecule has 2 aromatic rings. The minimum Gasteiger partial charge on any atom is -0.478 e. The van der Waals surface area contributed by atoms with E-state index in [4.69, 9.17) is 5.11 Å². The topological polar surface area (TPSA) is 83.0 Å². The third-order valence-electron chi connectivity index (χ3n) is 1.96. The molecule has 1 aromatic carbocycles. The summed E-state index contributed by atoms with van der Waals surface area (Å²) in [6.45, 7) is 0. The van der Waals surface area contributed by atoms with Gasteiger partial charge >= 0.3 is 5.97 Å². The zero-order valence-corrected chi connectivity index (χ0v) is 7.02. The van der Waals surface area contributed by atoms with Crippen LogP contribution < -0.4 is 0 Å². The summed E-state index contributed by atoms with van der Waals surface area (Å²) in [5.41, 5.74) is 0.949. The predicted octanol–water partition coefficient (Wildman–Crippen LogP) is 1.07. The summed E-state index contributed by atoms with van der Waals surface area (Å²) in [4.78, 5) is 21.3. The molecule has 14 heavy (non-hydrogen) atoms. The Morgan fingerprint density at radius 2 is 2.29 bits per heavy atom. The van der Waals surface area contributed by atoms with Gasteiger partial charge in [0.2, 0.25) is 0 Å². The van der Waals surface area contributed by atoms with Crippen LogP contribution in [0.5, 0.6) is 0 Å². The Morgan fingerprint density at radius 3 is 2.93 bits per heavy atom. The second kappa shape index (κ2) is 2.95. The predicted molar refractivity (Wildman–Crippen MR) is 48.4 cm³/mol. The lowest BCUT2D eigenvalue weighted by molar-refractivity contribution is 0.0697. The zero-order chi connectivity index (χ0) is 10.1. The highest BCUT2D eigenvalue weighted by Crippen LogP contribution is 2.17. The van der Waals surface area contributed by atoms with Crippen molar-refractivity contribution in [1.82, 2.24) is 10.2 Å². The van der Waals surface area contributed by atoms with Crippen molar-refractivity contribution in [2.75, 3.05) is 0 Å². The number of aldehydes is 1. The Balaban J connectivity index is 2.79. The van der Waals surface area contributed by atoms with Crippen molar-refractivity contribution in [3.63, 3.8) is 0 Å². The molecule has 0 amide bonds. The molecule has 0 radical (unpaired) electrons. The molecule has 1 aromatic heterocycles. The van der Waals surface area contributed by atoms with Crippen LogP contribution in [0.25, 0.3) is 10.9 Å². The van der Waals surface area contributed by atoms with Crippen LogP contribution in [0.2, 0.25) is 0 Å². The average molecular weight is 190 g/mol. The Labute approximate surface area is 78.4 Å². The number of benzene rings is 1. The number of carbonyl (C=O) groups is 2. The summed E-state index contributed by atoms with van der Waals surface area (Å²) >= 11 is 0. The summed E-state index contributed by atoms with van der Waals surface area (Å²) in [6, 6.07) is 2.77.